The van der Waals surface area contributed by atoms with Crippen molar-refractivity contribution in [2.75, 3.05) is 0 Å². The number of carbonyl (C=O) groups is 1. The highest BCUT2D eigenvalue weighted by atomic mass is 32.2. The summed E-state index contributed by atoms with van der Waals surface area (Å²) < 4.78 is 5.90. The van der Waals surface area contributed by atoms with Crippen LogP contribution in [0.2, 0.25) is 0 Å². The van der Waals surface area contributed by atoms with Crippen molar-refractivity contribution < 1.29 is 24.2 Å². The Bertz CT molecular complexity index is 1280. The number of carboxylic acids is 1. The molecular weight excluding hydrogens is 450 g/mol. The molecule has 4 rings (SSSR count). The molecule has 1 aromatic heterocycles. The maximum absolute atomic E-state index is 11.6. The molecule has 1 heterocycles. The molecule has 33 heavy (non-hydrogen) atoms. The minimum absolute atomic E-state index is 0.0676. The Morgan fingerprint density at radius 1 is 0.879 bits per heavy atom. The number of hydrogen-bond donors (Lipinski definition) is 1. The number of carboxylic acid groups (broad SMARTS) is 1. The number of rotatable bonds is 7. The summed E-state index contributed by atoms with van der Waals surface area (Å²) >= 11 is 0.588. The minimum atomic E-state index is -1.52. The summed E-state index contributed by atoms with van der Waals surface area (Å²) in [5, 5.41) is 32.3. The largest absolute Gasteiger partial charge is 0.478 e. The van der Waals surface area contributed by atoms with Gasteiger partial charge in [-0.25, -0.2) is 9.78 Å². The number of benzene rings is 3. The molecule has 3 aromatic carbocycles. The normalized spacial score (nSPS) is 10.7. The lowest BCUT2D eigenvalue weighted by Crippen LogP contribution is -2.03. The Hall–Kier alpha value is -4.51. The molecule has 0 amide bonds. The van der Waals surface area contributed by atoms with Gasteiger partial charge in [0.1, 0.15) is 5.69 Å². The SMILES string of the molecule is O=C(O)c1cc([N+](=O)[O-])c(Sc2nc(-c3ccccc3)c(-c3ccccc3)o2)c([N+](=O)[O-])c1. The van der Waals surface area contributed by atoms with Crippen molar-refractivity contribution in [2.45, 2.75) is 10.1 Å². The van der Waals surface area contributed by atoms with Crippen molar-refractivity contribution in [3.8, 4) is 22.6 Å². The zero-order chi connectivity index (χ0) is 23.5. The molecule has 0 fully saturated rings. The number of nitrogens with zero attached hydrogens (tertiary/aromatic N) is 3. The fourth-order valence-electron chi connectivity index (χ4n) is 3.11. The van der Waals surface area contributed by atoms with E-state index in [1.165, 1.54) is 0 Å². The quantitative estimate of drug-likeness (QED) is 0.270. The number of aromatic nitrogens is 1. The Labute approximate surface area is 189 Å². The molecule has 0 unspecified atom stereocenters. The van der Waals surface area contributed by atoms with E-state index in [0.29, 0.717) is 28.8 Å². The van der Waals surface area contributed by atoms with Crippen LogP contribution < -0.4 is 0 Å². The van der Waals surface area contributed by atoms with Gasteiger partial charge in [0.2, 0.25) is 0 Å². The average Bonchev–Trinajstić information content (AvgIpc) is 3.23. The lowest BCUT2D eigenvalue weighted by molar-refractivity contribution is -0.399. The van der Waals surface area contributed by atoms with E-state index in [9.17, 15) is 30.1 Å². The van der Waals surface area contributed by atoms with Crippen LogP contribution in [0.5, 0.6) is 0 Å². The van der Waals surface area contributed by atoms with Crippen LogP contribution in [0, 0.1) is 20.2 Å². The lowest BCUT2D eigenvalue weighted by atomic mass is 10.1. The topological polar surface area (TPSA) is 150 Å². The molecule has 0 saturated carbocycles. The third kappa shape index (κ3) is 4.43. The van der Waals surface area contributed by atoms with Crippen molar-refractivity contribution in [3.05, 3.63) is 98.6 Å². The van der Waals surface area contributed by atoms with Crippen LogP contribution in [0.25, 0.3) is 22.6 Å². The number of oxazole rings is 1. The Morgan fingerprint density at radius 2 is 1.39 bits per heavy atom. The molecule has 0 spiro atoms. The third-order valence-electron chi connectivity index (χ3n) is 4.57. The van der Waals surface area contributed by atoms with Crippen molar-refractivity contribution >= 4 is 29.1 Å². The lowest BCUT2D eigenvalue weighted by Gasteiger charge is -2.03. The molecule has 10 nitrogen and oxygen atoms in total. The van der Waals surface area contributed by atoms with Gasteiger partial charge < -0.3 is 9.52 Å². The van der Waals surface area contributed by atoms with E-state index in [-0.39, 0.29) is 10.1 Å². The van der Waals surface area contributed by atoms with E-state index in [1.54, 1.807) is 24.3 Å². The van der Waals surface area contributed by atoms with Gasteiger partial charge in [0, 0.05) is 23.3 Å². The van der Waals surface area contributed by atoms with Crippen LogP contribution >= 0.6 is 11.8 Å². The summed E-state index contributed by atoms with van der Waals surface area (Å²) in [6.07, 6.45) is 0. The summed E-state index contributed by atoms with van der Waals surface area (Å²) in [5.41, 5.74) is -0.158. The first-order valence-electron chi connectivity index (χ1n) is 9.35. The van der Waals surface area contributed by atoms with Gasteiger partial charge in [0.25, 0.3) is 16.6 Å². The number of nitro groups is 2. The van der Waals surface area contributed by atoms with Crippen molar-refractivity contribution in [2.24, 2.45) is 0 Å². The van der Waals surface area contributed by atoms with E-state index in [0.717, 1.165) is 17.7 Å². The molecule has 0 aliphatic rings. The molecule has 0 saturated heterocycles. The smallest absolute Gasteiger partial charge is 0.336 e. The van der Waals surface area contributed by atoms with Crippen LogP contribution in [-0.2, 0) is 0 Å². The standard InChI is InChI=1S/C22H13N3O7S/c26-21(27)15-11-16(24(28)29)20(17(12-15)25(30)31)33-22-23-18(13-7-3-1-4-8-13)19(32-22)14-9-5-2-6-10-14/h1-12H,(H,26,27). The fourth-order valence-corrected chi connectivity index (χ4v) is 4.02. The van der Waals surface area contributed by atoms with E-state index in [1.807, 2.05) is 36.4 Å². The summed E-state index contributed by atoms with van der Waals surface area (Å²) in [6, 6.07) is 19.7. The summed E-state index contributed by atoms with van der Waals surface area (Å²) in [6.45, 7) is 0. The summed E-state index contributed by atoms with van der Waals surface area (Å²) in [7, 11) is 0. The van der Waals surface area contributed by atoms with Gasteiger partial charge in [-0.05, 0) is 11.8 Å². The predicted octanol–water partition coefficient (Wildman–Crippen LogP) is 5.67. The first-order valence-corrected chi connectivity index (χ1v) is 10.2. The van der Waals surface area contributed by atoms with Gasteiger partial charge in [-0.2, -0.15) is 0 Å². The molecule has 1 N–H and O–H groups in total. The molecular formula is C22H13N3O7S. The van der Waals surface area contributed by atoms with Crippen LogP contribution in [0.3, 0.4) is 0 Å². The number of nitro benzene ring substituents is 2. The fraction of sp³-hybridized carbons (Fsp3) is 0. The average molecular weight is 463 g/mol. The zero-order valence-electron chi connectivity index (χ0n) is 16.6. The third-order valence-corrected chi connectivity index (χ3v) is 5.54. The summed E-state index contributed by atoms with van der Waals surface area (Å²) in [4.78, 5) is 36.8. The highest BCUT2D eigenvalue weighted by Crippen LogP contribution is 2.44. The Kier molecular flexibility index (Phi) is 5.87. The maximum Gasteiger partial charge on any atom is 0.336 e. The minimum Gasteiger partial charge on any atom is -0.478 e. The second-order valence-electron chi connectivity index (χ2n) is 6.65. The highest BCUT2D eigenvalue weighted by Gasteiger charge is 2.31. The van der Waals surface area contributed by atoms with Gasteiger partial charge in [-0.1, -0.05) is 60.7 Å². The molecule has 0 aliphatic carbocycles. The predicted molar refractivity (Wildman–Crippen MR) is 118 cm³/mol. The Balaban J connectivity index is 1.88. The second-order valence-corrected chi connectivity index (χ2v) is 7.62. The van der Waals surface area contributed by atoms with Crippen LogP contribution in [0.4, 0.5) is 11.4 Å². The maximum atomic E-state index is 11.6. The molecule has 0 atom stereocenters. The van der Waals surface area contributed by atoms with Crippen molar-refractivity contribution in [3.63, 3.8) is 0 Å². The summed E-state index contributed by atoms with van der Waals surface area (Å²) in [5.74, 6) is -1.14. The monoisotopic (exact) mass is 463 g/mol. The molecule has 11 heteroatoms. The van der Waals surface area contributed by atoms with Gasteiger partial charge in [0.05, 0.1) is 15.4 Å². The van der Waals surface area contributed by atoms with E-state index < -0.39 is 32.8 Å². The van der Waals surface area contributed by atoms with Crippen molar-refractivity contribution in [1.29, 1.82) is 0 Å². The van der Waals surface area contributed by atoms with Gasteiger partial charge in [-0.3, -0.25) is 20.2 Å². The molecule has 0 aliphatic heterocycles. The first kappa shape index (κ1) is 21.7. The van der Waals surface area contributed by atoms with E-state index >= 15 is 0 Å². The van der Waals surface area contributed by atoms with Crippen LogP contribution in [0.1, 0.15) is 10.4 Å². The molecule has 0 radical (unpaired) electrons. The van der Waals surface area contributed by atoms with Crippen molar-refractivity contribution in [1.82, 2.24) is 4.98 Å². The van der Waals surface area contributed by atoms with Gasteiger partial charge in [-0.15, -0.1) is 0 Å². The van der Waals surface area contributed by atoms with Gasteiger partial charge in [0.15, 0.2) is 10.7 Å². The van der Waals surface area contributed by atoms with Gasteiger partial charge >= 0.3 is 5.97 Å². The number of aromatic carboxylic acids is 1. The second kappa shape index (κ2) is 8.93. The molecule has 4 aromatic rings. The van der Waals surface area contributed by atoms with Crippen LogP contribution in [0.15, 0.2) is 87.3 Å². The highest BCUT2D eigenvalue weighted by molar-refractivity contribution is 7.99. The first-order chi connectivity index (χ1) is 15.8. The molecule has 164 valence electrons. The zero-order valence-corrected chi connectivity index (χ0v) is 17.4. The molecule has 0 bridgehead atoms. The van der Waals surface area contributed by atoms with E-state index in [4.69, 9.17) is 4.42 Å². The van der Waals surface area contributed by atoms with E-state index in [2.05, 4.69) is 4.98 Å². The number of hydrogen-bond acceptors (Lipinski definition) is 8. The Morgan fingerprint density at radius 3 is 1.88 bits per heavy atom. The van der Waals surface area contributed by atoms with Crippen LogP contribution in [-0.4, -0.2) is 25.9 Å².